The number of fused-ring (bicyclic) bond motifs is 1. The lowest BCUT2D eigenvalue weighted by Crippen LogP contribution is -2.50. The van der Waals surface area contributed by atoms with Crippen LogP contribution in [0.4, 0.5) is 0 Å². The molecule has 0 radical (unpaired) electrons. The molecular weight excluding hydrogens is 318 g/mol. The molecule has 124 valence electrons. The molecule has 2 aromatic rings. The SMILES string of the molecule is C[C@H]1c2nc(-c3ccccc3)nn2CCN1C(=O)[C@@H](N)CO.Cl. The summed E-state index contributed by atoms with van der Waals surface area (Å²) < 4.78 is 1.83. The Balaban J connectivity index is 0.00000192. The second-order valence-corrected chi connectivity index (χ2v) is 5.38. The van der Waals surface area contributed by atoms with Gasteiger partial charge in [-0.2, -0.15) is 5.10 Å². The quantitative estimate of drug-likeness (QED) is 0.854. The Kier molecular flexibility index (Phi) is 5.35. The second-order valence-electron chi connectivity index (χ2n) is 5.38. The van der Waals surface area contributed by atoms with Crippen molar-refractivity contribution in [3.63, 3.8) is 0 Å². The van der Waals surface area contributed by atoms with Crippen LogP contribution in [0.2, 0.25) is 0 Å². The molecule has 1 aromatic heterocycles. The summed E-state index contributed by atoms with van der Waals surface area (Å²) in [7, 11) is 0. The van der Waals surface area contributed by atoms with Gasteiger partial charge in [-0.1, -0.05) is 30.3 Å². The Bertz CT molecular complexity index is 676. The molecule has 0 saturated carbocycles. The second kappa shape index (κ2) is 7.08. The van der Waals surface area contributed by atoms with E-state index in [1.165, 1.54) is 0 Å². The molecule has 1 aromatic carbocycles. The van der Waals surface area contributed by atoms with Crippen LogP contribution >= 0.6 is 12.4 Å². The summed E-state index contributed by atoms with van der Waals surface area (Å²) in [6, 6.07) is 8.63. The third-order valence-electron chi connectivity index (χ3n) is 3.92. The van der Waals surface area contributed by atoms with E-state index < -0.39 is 6.04 Å². The Morgan fingerprint density at radius 3 is 2.74 bits per heavy atom. The molecule has 0 fully saturated rings. The Morgan fingerprint density at radius 2 is 2.09 bits per heavy atom. The van der Waals surface area contributed by atoms with Crippen LogP contribution in [-0.4, -0.2) is 49.9 Å². The maximum Gasteiger partial charge on any atom is 0.242 e. The van der Waals surface area contributed by atoms with Crippen molar-refractivity contribution in [1.29, 1.82) is 0 Å². The molecule has 1 amide bonds. The van der Waals surface area contributed by atoms with Crippen molar-refractivity contribution >= 4 is 18.3 Å². The van der Waals surface area contributed by atoms with Gasteiger partial charge in [0, 0.05) is 12.1 Å². The number of halogens is 1. The standard InChI is InChI=1S/C15H19N5O2.ClH/c1-10-14-17-13(11-5-3-2-4-6-11)18-20(14)8-7-19(10)15(22)12(16)9-21;/h2-6,10,12,21H,7-9,16H2,1H3;1H/t10-,12-;/m0./s1. The number of aromatic nitrogens is 3. The molecule has 2 atom stereocenters. The largest absolute Gasteiger partial charge is 0.394 e. The van der Waals surface area contributed by atoms with E-state index in [2.05, 4.69) is 10.1 Å². The maximum absolute atomic E-state index is 12.2. The number of carbonyl (C=O) groups is 1. The molecule has 2 heterocycles. The molecule has 8 heteroatoms. The maximum atomic E-state index is 12.2. The fourth-order valence-electron chi connectivity index (χ4n) is 2.66. The Hall–Kier alpha value is -1.96. The van der Waals surface area contributed by atoms with Crippen molar-refractivity contribution in [3.8, 4) is 11.4 Å². The van der Waals surface area contributed by atoms with Crippen LogP contribution in [0.3, 0.4) is 0 Å². The molecular formula is C15H20ClN5O2. The van der Waals surface area contributed by atoms with Gasteiger partial charge in [-0.15, -0.1) is 12.4 Å². The minimum atomic E-state index is -0.884. The van der Waals surface area contributed by atoms with E-state index in [1.54, 1.807) is 4.90 Å². The number of aliphatic hydroxyl groups is 1. The molecule has 1 aliphatic rings. The fourth-order valence-corrected chi connectivity index (χ4v) is 2.66. The summed E-state index contributed by atoms with van der Waals surface area (Å²) in [5.41, 5.74) is 6.59. The van der Waals surface area contributed by atoms with Gasteiger partial charge in [0.25, 0.3) is 0 Å². The predicted octanol–water partition coefficient (Wildman–Crippen LogP) is 0.590. The third kappa shape index (κ3) is 3.21. The lowest BCUT2D eigenvalue weighted by atomic mass is 10.1. The molecule has 7 nitrogen and oxygen atoms in total. The minimum absolute atomic E-state index is 0. The van der Waals surface area contributed by atoms with Gasteiger partial charge in [0.2, 0.25) is 5.91 Å². The van der Waals surface area contributed by atoms with Crippen molar-refractivity contribution in [1.82, 2.24) is 19.7 Å². The zero-order valence-electron chi connectivity index (χ0n) is 12.8. The number of benzene rings is 1. The van der Waals surface area contributed by atoms with E-state index in [1.807, 2.05) is 41.9 Å². The molecule has 1 aliphatic heterocycles. The first kappa shape index (κ1) is 17.4. The first-order valence-electron chi connectivity index (χ1n) is 7.29. The molecule has 3 rings (SSSR count). The third-order valence-corrected chi connectivity index (χ3v) is 3.92. The molecule has 23 heavy (non-hydrogen) atoms. The van der Waals surface area contributed by atoms with Crippen LogP contribution in [0.5, 0.6) is 0 Å². The fraction of sp³-hybridized carbons (Fsp3) is 0.400. The monoisotopic (exact) mass is 337 g/mol. The Morgan fingerprint density at radius 1 is 1.39 bits per heavy atom. The highest BCUT2D eigenvalue weighted by Crippen LogP contribution is 2.26. The number of hydrogen-bond acceptors (Lipinski definition) is 5. The topological polar surface area (TPSA) is 97.3 Å². The average molecular weight is 338 g/mol. The van der Waals surface area contributed by atoms with Gasteiger partial charge in [0.1, 0.15) is 11.9 Å². The van der Waals surface area contributed by atoms with Gasteiger partial charge in [0.15, 0.2) is 5.82 Å². The highest BCUT2D eigenvalue weighted by molar-refractivity contribution is 5.85. The molecule has 0 aliphatic carbocycles. The summed E-state index contributed by atoms with van der Waals surface area (Å²) in [6.07, 6.45) is 0. The zero-order chi connectivity index (χ0) is 15.7. The lowest BCUT2D eigenvalue weighted by molar-refractivity contribution is -0.136. The summed E-state index contributed by atoms with van der Waals surface area (Å²) in [5, 5.41) is 13.6. The smallest absolute Gasteiger partial charge is 0.242 e. The number of nitrogens with two attached hydrogens (primary N) is 1. The van der Waals surface area contributed by atoms with Crippen molar-refractivity contribution in [2.45, 2.75) is 25.6 Å². The van der Waals surface area contributed by atoms with E-state index in [0.29, 0.717) is 18.9 Å². The van der Waals surface area contributed by atoms with Crippen molar-refractivity contribution in [3.05, 3.63) is 36.2 Å². The number of rotatable bonds is 3. The molecule has 0 spiro atoms. The Labute approximate surface area is 140 Å². The van der Waals surface area contributed by atoms with Crippen molar-refractivity contribution in [2.24, 2.45) is 5.73 Å². The summed E-state index contributed by atoms with van der Waals surface area (Å²) in [6.45, 7) is 2.63. The van der Waals surface area contributed by atoms with Crippen molar-refractivity contribution in [2.75, 3.05) is 13.2 Å². The minimum Gasteiger partial charge on any atom is -0.394 e. The predicted molar refractivity (Wildman–Crippen MR) is 87.9 cm³/mol. The number of amides is 1. The van der Waals surface area contributed by atoms with Crippen LogP contribution < -0.4 is 5.73 Å². The van der Waals surface area contributed by atoms with Gasteiger partial charge in [0.05, 0.1) is 19.2 Å². The van der Waals surface area contributed by atoms with E-state index in [4.69, 9.17) is 10.8 Å². The highest BCUT2D eigenvalue weighted by Gasteiger charge is 2.32. The number of hydrogen-bond donors (Lipinski definition) is 2. The van der Waals surface area contributed by atoms with E-state index >= 15 is 0 Å². The zero-order valence-corrected chi connectivity index (χ0v) is 13.6. The average Bonchev–Trinajstić information content (AvgIpc) is 3.00. The summed E-state index contributed by atoms with van der Waals surface area (Å²) >= 11 is 0. The van der Waals surface area contributed by atoms with Crippen LogP contribution in [0.15, 0.2) is 30.3 Å². The molecule has 0 saturated heterocycles. The van der Waals surface area contributed by atoms with Gasteiger partial charge in [-0.25, -0.2) is 9.67 Å². The van der Waals surface area contributed by atoms with Gasteiger partial charge < -0.3 is 15.7 Å². The number of nitrogens with zero attached hydrogens (tertiary/aromatic N) is 4. The molecule has 3 N–H and O–H groups in total. The van der Waals surface area contributed by atoms with E-state index in [-0.39, 0.29) is 31.0 Å². The number of carbonyl (C=O) groups excluding carboxylic acids is 1. The van der Waals surface area contributed by atoms with Gasteiger partial charge in [-0.3, -0.25) is 4.79 Å². The lowest BCUT2D eigenvalue weighted by Gasteiger charge is -2.34. The van der Waals surface area contributed by atoms with Crippen LogP contribution in [-0.2, 0) is 11.3 Å². The van der Waals surface area contributed by atoms with E-state index in [0.717, 1.165) is 11.4 Å². The van der Waals surface area contributed by atoms with Crippen LogP contribution in [0.25, 0.3) is 11.4 Å². The van der Waals surface area contributed by atoms with Gasteiger partial charge in [-0.05, 0) is 6.92 Å². The van der Waals surface area contributed by atoms with E-state index in [9.17, 15) is 4.79 Å². The van der Waals surface area contributed by atoms with Crippen LogP contribution in [0.1, 0.15) is 18.8 Å². The summed E-state index contributed by atoms with van der Waals surface area (Å²) in [5.74, 6) is 1.14. The normalized spacial score (nSPS) is 18.0. The molecule has 0 unspecified atom stereocenters. The summed E-state index contributed by atoms with van der Waals surface area (Å²) in [4.78, 5) is 18.4. The first-order valence-corrected chi connectivity index (χ1v) is 7.29. The van der Waals surface area contributed by atoms with Crippen molar-refractivity contribution < 1.29 is 9.90 Å². The molecule has 0 bridgehead atoms. The van der Waals surface area contributed by atoms with Crippen LogP contribution in [0, 0.1) is 0 Å². The highest BCUT2D eigenvalue weighted by atomic mass is 35.5. The van der Waals surface area contributed by atoms with Gasteiger partial charge >= 0.3 is 0 Å². The first-order chi connectivity index (χ1) is 10.6. The number of aliphatic hydroxyl groups excluding tert-OH is 1.